The Morgan fingerprint density at radius 3 is 2.03 bits per heavy atom. The van der Waals surface area contributed by atoms with Gasteiger partial charge in [-0.3, -0.25) is 19.2 Å². The fraction of sp³-hybridized carbons (Fsp3) is 0.214. The Morgan fingerprint density at radius 1 is 0.811 bits per heavy atom. The topological polar surface area (TPSA) is 99.2 Å². The molecule has 3 aromatic rings. The molecule has 1 aliphatic carbocycles. The van der Waals surface area contributed by atoms with E-state index in [9.17, 15) is 19.2 Å². The van der Waals surface area contributed by atoms with Gasteiger partial charge in [-0.2, -0.15) is 0 Å². The smallest absolute Gasteiger partial charge is 0.241 e. The summed E-state index contributed by atoms with van der Waals surface area (Å²) in [6.07, 6.45) is -0.984. The molecule has 2 heterocycles. The van der Waals surface area contributed by atoms with Gasteiger partial charge in [0, 0.05) is 21.7 Å². The first-order chi connectivity index (χ1) is 17.8. The summed E-state index contributed by atoms with van der Waals surface area (Å²) in [5, 5.41) is 0. The molecule has 0 bridgehead atoms. The van der Waals surface area contributed by atoms with Crippen LogP contribution in [0.3, 0.4) is 0 Å². The van der Waals surface area contributed by atoms with Gasteiger partial charge >= 0.3 is 0 Å². The number of amides is 2. The number of benzene rings is 3. The third kappa shape index (κ3) is 3.10. The first-order valence-corrected chi connectivity index (χ1v) is 12.3. The Morgan fingerprint density at radius 2 is 1.43 bits per heavy atom. The Labute approximate surface area is 220 Å². The van der Waals surface area contributed by atoms with Crippen molar-refractivity contribution in [2.45, 2.75) is 11.7 Å². The molecule has 0 unspecified atom stereocenters. The number of ketones is 2. The van der Waals surface area contributed by atoms with Crippen LogP contribution in [-0.4, -0.2) is 43.2 Å². The maximum absolute atomic E-state index is 14.0. The number of nitrogens with zero attached hydrogens (tertiary/aromatic N) is 1. The largest absolute Gasteiger partial charge is 0.493 e. The first-order valence-electron chi connectivity index (χ1n) is 11.5. The highest BCUT2D eigenvalue weighted by molar-refractivity contribution is 9.10. The lowest BCUT2D eigenvalue weighted by Crippen LogP contribution is -2.51. The quantitative estimate of drug-likeness (QED) is 0.348. The minimum atomic E-state index is -2.12. The highest BCUT2D eigenvalue weighted by atomic mass is 79.9. The Hall–Kier alpha value is -3.82. The van der Waals surface area contributed by atoms with Crippen molar-refractivity contribution in [1.82, 2.24) is 0 Å². The number of hydrogen-bond donors (Lipinski definition) is 0. The molecule has 6 rings (SSSR count). The van der Waals surface area contributed by atoms with Crippen LogP contribution in [0.1, 0.15) is 32.4 Å². The molecular weight excluding hydrogens is 542 g/mol. The van der Waals surface area contributed by atoms with Crippen LogP contribution in [-0.2, 0) is 14.3 Å². The van der Waals surface area contributed by atoms with Gasteiger partial charge < -0.3 is 14.2 Å². The van der Waals surface area contributed by atoms with Crippen LogP contribution in [0.5, 0.6) is 11.5 Å². The number of Topliss-reactive ketones (excluding diaryl/α,β-unsaturated/α-hetero) is 2. The van der Waals surface area contributed by atoms with E-state index in [1.807, 2.05) is 0 Å². The van der Waals surface area contributed by atoms with E-state index in [4.69, 9.17) is 14.2 Å². The molecule has 1 spiro atoms. The number of fused-ring (bicyclic) bond motifs is 3. The van der Waals surface area contributed by atoms with E-state index in [-0.39, 0.29) is 16.8 Å². The number of carbonyl (C=O) groups excluding carboxylic acids is 4. The summed E-state index contributed by atoms with van der Waals surface area (Å²) in [5.41, 5.74) is -0.909. The van der Waals surface area contributed by atoms with E-state index in [0.29, 0.717) is 17.1 Å². The molecule has 0 aromatic heterocycles. The number of anilines is 1. The predicted molar refractivity (Wildman–Crippen MR) is 135 cm³/mol. The van der Waals surface area contributed by atoms with Crippen molar-refractivity contribution in [2.75, 3.05) is 19.1 Å². The van der Waals surface area contributed by atoms with Gasteiger partial charge in [-0.05, 0) is 29.8 Å². The summed E-state index contributed by atoms with van der Waals surface area (Å²) in [6, 6.07) is 18.1. The van der Waals surface area contributed by atoms with Crippen LogP contribution in [0.25, 0.3) is 0 Å². The van der Waals surface area contributed by atoms with Crippen LogP contribution >= 0.6 is 15.9 Å². The summed E-state index contributed by atoms with van der Waals surface area (Å²) >= 11 is 3.40. The fourth-order valence-electron chi connectivity index (χ4n) is 5.69. The standard InChI is InChI=1S/C28H20BrNO7/c1-35-19-12-11-16(13-20(19)36-2)30-26(33)21-22(27(30)34)28(37-23(21)14-7-9-15(29)10-8-14)24(31)17-5-3-4-6-18(17)25(28)32/h3-13,21-23H,1-2H3/t21-,22+,23+/m0/s1. The van der Waals surface area contributed by atoms with Gasteiger partial charge in [-0.1, -0.05) is 52.3 Å². The highest BCUT2D eigenvalue weighted by Gasteiger charge is 2.74. The lowest BCUT2D eigenvalue weighted by atomic mass is 9.77. The van der Waals surface area contributed by atoms with Crippen molar-refractivity contribution in [1.29, 1.82) is 0 Å². The lowest BCUT2D eigenvalue weighted by molar-refractivity contribution is -0.127. The summed E-state index contributed by atoms with van der Waals surface area (Å²) in [5.74, 6) is -4.07. The first kappa shape index (κ1) is 23.6. The lowest BCUT2D eigenvalue weighted by Gasteiger charge is -2.27. The number of carbonyl (C=O) groups is 4. The molecule has 0 radical (unpaired) electrons. The van der Waals surface area contributed by atoms with E-state index in [2.05, 4.69) is 15.9 Å². The summed E-state index contributed by atoms with van der Waals surface area (Å²) in [7, 11) is 2.93. The van der Waals surface area contributed by atoms with E-state index >= 15 is 0 Å². The maximum Gasteiger partial charge on any atom is 0.241 e. The molecule has 37 heavy (non-hydrogen) atoms. The van der Waals surface area contributed by atoms with Crippen molar-refractivity contribution in [3.05, 3.63) is 87.9 Å². The summed E-state index contributed by atoms with van der Waals surface area (Å²) in [4.78, 5) is 56.6. The van der Waals surface area contributed by atoms with Gasteiger partial charge in [-0.15, -0.1) is 0 Å². The van der Waals surface area contributed by atoms with Crippen LogP contribution in [0.2, 0.25) is 0 Å². The van der Waals surface area contributed by atoms with Gasteiger partial charge in [-0.25, -0.2) is 4.90 Å². The van der Waals surface area contributed by atoms with Crippen LogP contribution in [0.15, 0.2) is 71.2 Å². The SMILES string of the molecule is COc1ccc(N2C(=O)[C@@H]3[C@@H](c4ccc(Br)cc4)OC4(C(=O)c5ccccc5C4=O)[C@H]3C2=O)cc1OC. The highest BCUT2D eigenvalue weighted by Crippen LogP contribution is 2.58. The van der Waals surface area contributed by atoms with E-state index in [1.54, 1.807) is 60.7 Å². The zero-order valence-corrected chi connectivity index (χ0v) is 21.4. The Balaban J connectivity index is 1.52. The number of halogens is 1. The van der Waals surface area contributed by atoms with Crippen molar-refractivity contribution < 1.29 is 33.4 Å². The molecule has 2 fully saturated rings. The average molecular weight is 562 g/mol. The normalized spacial score (nSPS) is 23.5. The molecule has 0 N–H and O–H groups in total. The van der Waals surface area contributed by atoms with Gasteiger partial charge in [0.15, 0.2) is 11.5 Å². The van der Waals surface area contributed by atoms with Gasteiger partial charge in [0.25, 0.3) is 0 Å². The molecule has 2 aliphatic heterocycles. The van der Waals surface area contributed by atoms with Crippen molar-refractivity contribution >= 4 is 45.0 Å². The molecular formula is C28H20BrNO7. The molecule has 2 saturated heterocycles. The average Bonchev–Trinajstić information content (AvgIpc) is 3.48. The minimum absolute atomic E-state index is 0.188. The predicted octanol–water partition coefficient (Wildman–Crippen LogP) is 4.16. The van der Waals surface area contributed by atoms with Crippen molar-refractivity contribution in [3.8, 4) is 11.5 Å². The second-order valence-corrected chi connectivity index (χ2v) is 10.00. The summed E-state index contributed by atoms with van der Waals surface area (Å²) in [6.45, 7) is 0. The molecule has 3 aromatic carbocycles. The molecule has 186 valence electrons. The van der Waals surface area contributed by atoms with E-state index in [1.165, 1.54) is 20.3 Å². The van der Waals surface area contributed by atoms with E-state index in [0.717, 1.165) is 9.37 Å². The second kappa shape index (κ2) is 8.36. The van der Waals surface area contributed by atoms with Gasteiger partial charge in [0.2, 0.25) is 29.0 Å². The van der Waals surface area contributed by atoms with Crippen LogP contribution in [0, 0.1) is 11.8 Å². The van der Waals surface area contributed by atoms with Crippen LogP contribution in [0.4, 0.5) is 5.69 Å². The fourth-order valence-corrected chi connectivity index (χ4v) is 5.95. The number of hydrogen-bond acceptors (Lipinski definition) is 7. The zero-order valence-electron chi connectivity index (χ0n) is 19.8. The summed E-state index contributed by atoms with van der Waals surface area (Å²) < 4.78 is 17.7. The van der Waals surface area contributed by atoms with Crippen molar-refractivity contribution in [2.24, 2.45) is 11.8 Å². The molecule has 2 amide bonds. The Kier molecular flexibility index (Phi) is 5.32. The van der Waals surface area contributed by atoms with E-state index < -0.39 is 46.9 Å². The van der Waals surface area contributed by atoms with Gasteiger partial charge in [0.1, 0.15) is 0 Å². The minimum Gasteiger partial charge on any atom is -0.493 e. The van der Waals surface area contributed by atoms with Crippen molar-refractivity contribution in [3.63, 3.8) is 0 Å². The van der Waals surface area contributed by atoms with Gasteiger partial charge in [0.05, 0.1) is 37.8 Å². The molecule has 8 nitrogen and oxygen atoms in total. The monoisotopic (exact) mass is 561 g/mol. The molecule has 3 atom stereocenters. The molecule has 9 heteroatoms. The number of methoxy groups -OCH3 is 2. The van der Waals surface area contributed by atoms with Crippen LogP contribution < -0.4 is 14.4 Å². The second-order valence-electron chi connectivity index (χ2n) is 9.08. The third-order valence-electron chi connectivity index (χ3n) is 7.34. The molecule has 0 saturated carbocycles. The zero-order chi connectivity index (χ0) is 26.1. The maximum atomic E-state index is 14.0. The number of rotatable bonds is 4. The molecule has 3 aliphatic rings. The number of ether oxygens (including phenoxy) is 3. The Bertz CT molecular complexity index is 1460. The number of imide groups is 1. The third-order valence-corrected chi connectivity index (χ3v) is 7.87.